The van der Waals surface area contributed by atoms with Crippen molar-refractivity contribution in [1.29, 1.82) is 0 Å². The third-order valence-corrected chi connectivity index (χ3v) is 3.69. The molecule has 0 heterocycles. The van der Waals surface area contributed by atoms with Crippen LogP contribution in [0.5, 0.6) is 0 Å². The number of aliphatic hydroxyl groups is 7. The lowest BCUT2D eigenvalue weighted by atomic mass is 10.0. The van der Waals surface area contributed by atoms with Crippen molar-refractivity contribution in [1.82, 2.24) is 0 Å². The molecule has 0 saturated heterocycles. The number of Topliss-reactive ketones (excluding diaryl/α,β-unsaturated/α-hetero) is 1. The molecule has 0 aromatic carbocycles. The van der Waals surface area contributed by atoms with Gasteiger partial charge >= 0.3 is 16.4 Å². The number of aliphatic hydroxyl groups excluding tert-OH is 7. The molecule has 0 aliphatic heterocycles. The minimum absolute atomic E-state index is 0.375. The Morgan fingerprint density at radius 1 is 0.929 bits per heavy atom. The van der Waals surface area contributed by atoms with Crippen LogP contribution in [0, 0.1) is 0 Å². The molecule has 7 atom stereocenters. The number of rotatable bonds is 13. The highest BCUT2D eigenvalue weighted by Gasteiger charge is 2.42. The zero-order valence-electron chi connectivity index (χ0n) is 13.9. The Kier molecular flexibility index (Phi) is 10.8. The highest BCUT2D eigenvalue weighted by molar-refractivity contribution is 7.80. The third kappa shape index (κ3) is 7.80. The minimum Gasteiger partial charge on any atom is -0.446 e. The molecule has 15 nitrogen and oxygen atoms in total. The number of ether oxygens (including phenoxy) is 1. The summed E-state index contributed by atoms with van der Waals surface area (Å²) >= 11 is 0. The van der Waals surface area contributed by atoms with Gasteiger partial charge in [-0.2, -0.15) is 8.42 Å². The maximum Gasteiger partial charge on any atom is 0.397 e. The molecule has 0 aromatic rings. The first-order valence-electron chi connectivity index (χ1n) is 7.28. The molecule has 0 rings (SSSR count). The first kappa shape index (κ1) is 26.4. The molecule has 0 fully saturated rings. The number of hydrogen-bond donors (Lipinski definition) is 8. The largest absolute Gasteiger partial charge is 0.446 e. The Morgan fingerprint density at radius 2 is 1.39 bits per heavy atom. The fourth-order valence-electron chi connectivity index (χ4n) is 1.72. The Bertz CT molecular complexity index is 633. The van der Waals surface area contributed by atoms with Crippen molar-refractivity contribution >= 4 is 28.4 Å². The predicted molar refractivity (Wildman–Crippen MR) is 81.6 cm³/mol. The van der Waals surface area contributed by atoms with Gasteiger partial charge in [-0.05, 0) is 0 Å². The van der Waals surface area contributed by atoms with Crippen LogP contribution >= 0.6 is 0 Å². The molecule has 0 aromatic heterocycles. The summed E-state index contributed by atoms with van der Waals surface area (Å²) in [5, 5.41) is 64.3. The first-order chi connectivity index (χ1) is 12.8. The minimum atomic E-state index is -5.40. The maximum atomic E-state index is 11.7. The van der Waals surface area contributed by atoms with Crippen LogP contribution in [0.3, 0.4) is 0 Å². The summed E-state index contributed by atoms with van der Waals surface area (Å²) in [6, 6.07) is 0. The van der Waals surface area contributed by atoms with Gasteiger partial charge in [0.15, 0.2) is 24.6 Å². The number of ketones is 1. The Labute approximate surface area is 157 Å². The van der Waals surface area contributed by atoms with Crippen LogP contribution in [0.1, 0.15) is 0 Å². The van der Waals surface area contributed by atoms with Crippen LogP contribution in [0.15, 0.2) is 0 Å². The molecule has 8 N–H and O–H groups in total. The van der Waals surface area contributed by atoms with E-state index in [4.69, 9.17) is 19.9 Å². The number of carbonyl (C=O) groups excluding carboxylic acids is 3. The standard InChI is InChI=1S/C12H20O15S/c13-1-4(16)7(18)9(20)10(21)12(22)26-6(3-15)11(27-28(23,24)25)8(19)5(17)2-14/h3-9,11,13-14,16-20H,1-2H2,(H,23,24,25)/t4-,5+,6+,7+,8+,9+,11+/m0/s1. The molecule has 0 radical (unpaired) electrons. The lowest BCUT2D eigenvalue weighted by molar-refractivity contribution is -0.175. The number of hydrogen-bond acceptors (Lipinski definition) is 14. The van der Waals surface area contributed by atoms with E-state index in [1.807, 2.05) is 0 Å². The summed E-state index contributed by atoms with van der Waals surface area (Å²) < 4.78 is 38.5. The number of esters is 1. The molecule has 0 unspecified atom stereocenters. The lowest BCUT2D eigenvalue weighted by Gasteiger charge is -2.28. The average molecular weight is 436 g/mol. The fourth-order valence-corrected chi connectivity index (χ4v) is 2.23. The molecular weight excluding hydrogens is 416 g/mol. The van der Waals surface area contributed by atoms with E-state index in [1.54, 1.807) is 0 Å². The summed E-state index contributed by atoms with van der Waals surface area (Å²) in [4.78, 5) is 34.4. The van der Waals surface area contributed by atoms with E-state index in [0.29, 0.717) is 0 Å². The normalized spacial score (nSPS) is 19.6. The van der Waals surface area contributed by atoms with Gasteiger partial charge in [0.25, 0.3) is 5.78 Å². The molecule has 164 valence electrons. The first-order valence-corrected chi connectivity index (χ1v) is 8.65. The van der Waals surface area contributed by atoms with Gasteiger partial charge in [0, 0.05) is 0 Å². The van der Waals surface area contributed by atoms with Crippen molar-refractivity contribution in [2.45, 2.75) is 42.7 Å². The number of carbonyl (C=O) groups is 3. The van der Waals surface area contributed by atoms with E-state index in [1.165, 1.54) is 0 Å². The second kappa shape index (κ2) is 11.4. The van der Waals surface area contributed by atoms with E-state index >= 15 is 0 Å². The van der Waals surface area contributed by atoms with E-state index in [9.17, 15) is 43.2 Å². The van der Waals surface area contributed by atoms with E-state index in [2.05, 4.69) is 8.92 Å². The van der Waals surface area contributed by atoms with Crippen LogP contribution in [-0.2, 0) is 33.7 Å². The van der Waals surface area contributed by atoms with Gasteiger partial charge in [-0.25, -0.2) is 8.98 Å². The summed E-state index contributed by atoms with van der Waals surface area (Å²) in [6.45, 7) is -2.29. The van der Waals surface area contributed by atoms with Crippen molar-refractivity contribution < 1.29 is 72.0 Å². The molecule has 28 heavy (non-hydrogen) atoms. The van der Waals surface area contributed by atoms with Gasteiger partial charge in [0.2, 0.25) is 0 Å². The van der Waals surface area contributed by atoms with Crippen LogP contribution in [0.25, 0.3) is 0 Å². The molecule has 0 bridgehead atoms. The number of aldehydes is 1. The summed E-state index contributed by atoms with van der Waals surface area (Å²) in [7, 11) is -5.40. The van der Waals surface area contributed by atoms with Gasteiger partial charge in [0.05, 0.1) is 13.2 Å². The highest BCUT2D eigenvalue weighted by Crippen LogP contribution is 2.15. The quantitative estimate of drug-likeness (QED) is 0.0577. The molecule has 0 aliphatic rings. The maximum absolute atomic E-state index is 11.7. The Balaban J connectivity index is 5.50. The van der Waals surface area contributed by atoms with Gasteiger partial charge < -0.3 is 40.5 Å². The van der Waals surface area contributed by atoms with E-state index < -0.39 is 78.1 Å². The summed E-state index contributed by atoms with van der Waals surface area (Å²) in [6.07, 6.45) is -17.0. The SMILES string of the molecule is O=C[C@@H](OC(=O)C(=O)[C@H](O)[C@H](O)[C@@H](O)CO)[C@@H](OS(=O)(=O)O)[C@H](O)[C@H](O)CO. The van der Waals surface area contributed by atoms with Crippen molar-refractivity contribution in [3.63, 3.8) is 0 Å². The highest BCUT2D eigenvalue weighted by atomic mass is 32.3. The third-order valence-electron chi connectivity index (χ3n) is 3.23. The van der Waals surface area contributed by atoms with Gasteiger partial charge in [-0.3, -0.25) is 14.1 Å². The van der Waals surface area contributed by atoms with E-state index in [0.717, 1.165) is 0 Å². The van der Waals surface area contributed by atoms with Crippen LogP contribution in [-0.4, -0.2) is 123 Å². The second-order valence-corrected chi connectivity index (χ2v) is 6.33. The summed E-state index contributed by atoms with van der Waals surface area (Å²) in [5.74, 6) is -4.03. The van der Waals surface area contributed by atoms with Crippen LogP contribution in [0.4, 0.5) is 0 Å². The van der Waals surface area contributed by atoms with E-state index in [-0.39, 0.29) is 6.29 Å². The molecular formula is C12H20O15S. The molecule has 0 spiro atoms. The Morgan fingerprint density at radius 3 is 1.79 bits per heavy atom. The monoisotopic (exact) mass is 436 g/mol. The molecule has 0 amide bonds. The zero-order chi connectivity index (χ0) is 22.2. The lowest BCUT2D eigenvalue weighted by Crippen LogP contribution is -2.52. The zero-order valence-corrected chi connectivity index (χ0v) is 14.7. The van der Waals surface area contributed by atoms with Gasteiger partial charge in [0.1, 0.15) is 24.4 Å². The topological polar surface area (TPSA) is 266 Å². The van der Waals surface area contributed by atoms with Crippen LogP contribution in [0.2, 0.25) is 0 Å². The van der Waals surface area contributed by atoms with Crippen molar-refractivity contribution in [2.75, 3.05) is 13.2 Å². The second-order valence-electron chi connectivity index (χ2n) is 5.28. The van der Waals surface area contributed by atoms with Crippen molar-refractivity contribution in [2.24, 2.45) is 0 Å². The summed E-state index contributed by atoms with van der Waals surface area (Å²) in [5.41, 5.74) is 0. The predicted octanol–water partition coefficient (Wildman–Crippen LogP) is -6.36. The van der Waals surface area contributed by atoms with Crippen molar-refractivity contribution in [3.05, 3.63) is 0 Å². The van der Waals surface area contributed by atoms with Gasteiger partial charge in [-0.15, -0.1) is 0 Å². The Hall–Kier alpha value is -1.60. The molecule has 0 saturated carbocycles. The van der Waals surface area contributed by atoms with Gasteiger partial charge in [-0.1, -0.05) is 0 Å². The van der Waals surface area contributed by atoms with Crippen LogP contribution < -0.4 is 0 Å². The molecule has 16 heteroatoms. The smallest absolute Gasteiger partial charge is 0.397 e. The average Bonchev–Trinajstić information content (AvgIpc) is 2.65. The van der Waals surface area contributed by atoms with Crippen molar-refractivity contribution in [3.8, 4) is 0 Å². The fraction of sp³-hybridized carbons (Fsp3) is 0.750. The molecule has 0 aliphatic carbocycles.